The van der Waals surface area contributed by atoms with Gasteiger partial charge in [-0.15, -0.1) is 0 Å². The summed E-state index contributed by atoms with van der Waals surface area (Å²) < 4.78 is 6.62. The van der Waals surface area contributed by atoms with Crippen LogP contribution < -0.4 is 45.0 Å². The Kier molecular flexibility index (Phi) is 15.4. The standard InChI is InChI=1S/C37H30N.C36H29N2.C36H28N/c1-22-9-4-5-12-27(22)35-20-31(23(2)21-38(35)3)26-15-16-30-32(19-26)37-29-14-7-6-13-28(29)36(30)33-17-24-10-8-11-25(24)18-34(33)37;1-21-9-4-5-12-25(21)34-19-33(37-20-38(34)3)28-18-32-29(15-22(28)2)35-26-13-6-7-14-27(26)36(32)31-17-24-11-8-10-23(24)16-30(31)35;1-22-8-3-4-11-27(22)34-21-26(16-17-37(34)2)25-14-15-30-31(20-25)36-29-13-6-5-12-28(29)35(30)32-18-23-9-7-10-24(23)19-33(32)36/h4-7,9-21,36-37H,8H2,1-3H3;4-7,9-20,35-36H,8H2,1-3H3;3-6,8-21,35-36H,7H2,1-2H3/q3*+1. The molecule has 0 aliphatic heterocycles. The van der Waals surface area contributed by atoms with Crippen molar-refractivity contribution in [2.75, 3.05) is 0 Å². The molecule has 0 fully saturated rings. The van der Waals surface area contributed by atoms with Gasteiger partial charge in [0.15, 0.2) is 18.1 Å². The second kappa shape index (κ2) is 25.9. The zero-order valence-electron chi connectivity index (χ0n) is 65.3. The second-order valence-electron chi connectivity index (χ2n) is 33.2. The molecular weight excluding hydrogens is 1370 g/mol. The summed E-state index contributed by atoms with van der Waals surface area (Å²) in [5.74, 6) is 1.76. The van der Waals surface area contributed by atoms with Gasteiger partial charge in [-0.05, 0) is 265 Å². The van der Waals surface area contributed by atoms with E-state index in [2.05, 4.69) is 373 Å². The van der Waals surface area contributed by atoms with E-state index in [0.717, 1.165) is 25.0 Å². The van der Waals surface area contributed by atoms with Gasteiger partial charge in [0.05, 0.1) is 7.05 Å². The van der Waals surface area contributed by atoms with E-state index in [1.165, 1.54) is 221 Å². The van der Waals surface area contributed by atoms with Crippen molar-refractivity contribution in [3.05, 3.63) is 433 Å². The summed E-state index contributed by atoms with van der Waals surface area (Å²) in [7, 11) is 6.38. The molecule has 4 nitrogen and oxygen atoms in total. The monoisotopic (exact) mass is 1450 g/mol. The molecule has 0 saturated heterocycles. The van der Waals surface area contributed by atoms with E-state index in [4.69, 9.17) is 4.98 Å². The average Bonchev–Trinajstić information content (AvgIpc) is 0.971. The summed E-state index contributed by atoms with van der Waals surface area (Å²) in [6.07, 6.45) is 23.8. The van der Waals surface area contributed by atoms with Crippen molar-refractivity contribution >= 4 is 36.5 Å². The first-order valence-electron chi connectivity index (χ1n) is 40.6. The third-order valence-electron chi connectivity index (χ3n) is 26.9. The van der Waals surface area contributed by atoms with Gasteiger partial charge in [0, 0.05) is 87.6 Å². The normalized spacial score (nSPS) is 17.7. The van der Waals surface area contributed by atoms with Crippen molar-refractivity contribution in [1.29, 1.82) is 0 Å². The van der Waals surface area contributed by atoms with Crippen LogP contribution >= 0.6 is 0 Å². The molecule has 0 radical (unpaired) electrons. The zero-order valence-corrected chi connectivity index (χ0v) is 65.3. The lowest BCUT2D eigenvalue weighted by atomic mass is 9.60. The minimum atomic E-state index is 0.260. The number of aromatic nitrogens is 4. The molecular formula is C109H87N4+3. The van der Waals surface area contributed by atoms with Gasteiger partial charge in [0.2, 0.25) is 11.4 Å². The number of rotatable bonds is 6. The van der Waals surface area contributed by atoms with Crippen molar-refractivity contribution in [1.82, 2.24) is 4.98 Å². The maximum Gasteiger partial charge on any atom is 0.287 e. The predicted molar refractivity (Wildman–Crippen MR) is 460 cm³/mol. The maximum absolute atomic E-state index is 4.93. The Morgan fingerprint density at radius 3 is 0.991 bits per heavy atom. The first kappa shape index (κ1) is 67.2. The van der Waals surface area contributed by atoms with E-state index in [0.29, 0.717) is 17.8 Å². The van der Waals surface area contributed by atoms with Crippen LogP contribution in [0.2, 0.25) is 0 Å². The molecule has 3 heterocycles. The molecule has 15 aromatic rings. The van der Waals surface area contributed by atoms with Crippen molar-refractivity contribution in [3.8, 4) is 67.3 Å². The quantitative estimate of drug-likeness (QED) is 0.152. The fraction of sp³-hybridized carbons (Fsp3) is 0.156. The number of nitrogens with zero attached hydrogens (tertiary/aromatic N) is 4. The molecule has 6 atom stereocenters. The van der Waals surface area contributed by atoms with Gasteiger partial charge in [-0.3, -0.25) is 0 Å². The topological polar surface area (TPSA) is 24.5 Å². The van der Waals surface area contributed by atoms with Crippen LogP contribution in [0.4, 0.5) is 0 Å². The molecule has 12 aromatic carbocycles. The van der Waals surface area contributed by atoms with Crippen molar-refractivity contribution in [3.63, 3.8) is 0 Å². The fourth-order valence-electron chi connectivity index (χ4n) is 21.5. The zero-order chi connectivity index (χ0) is 75.8. The second-order valence-corrected chi connectivity index (χ2v) is 33.2. The van der Waals surface area contributed by atoms with Crippen LogP contribution in [0.25, 0.3) is 104 Å². The summed E-state index contributed by atoms with van der Waals surface area (Å²) >= 11 is 0. The summed E-state index contributed by atoms with van der Waals surface area (Å²) in [6.45, 7) is 11.1. The number of pyridine rings is 2. The van der Waals surface area contributed by atoms with Crippen LogP contribution in [-0.2, 0) is 21.1 Å². The van der Waals surface area contributed by atoms with E-state index in [1.807, 2.05) is 6.33 Å². The summed E-state index contributed by atoms with van der Waals surface area (Å²) in [6, 6.07) is 96.8. The maximum atomic E-state index is 4.93. The van der Waals surface area contributed by atoms with Crippen LogP contribution in [0.15, 0.2) is 274 Å². The molecule has 12 aliphatic carbocycles. The van der Waals surface area contributed by atoms with E-state index in [9.17, 15) is 0 Å². The SMILES string of the molecule is Cc1c[n+](C)c(-c2ccccc2C)cc1-c1ccc2c(c1)C1c3ccccc3C2c2cc3c(cc21)=CCC=3.Cc1cc2c(cc1-c1cc(-c3ccccc3C)[n+](C)cn1)C1c3ccccc3C2c2cc3c(cc21)=CCC=3.Cc1ccccc1-c1cc(-c2ccc3c(c2)C2c4ccccc4C3c3cc4c(cc32)=CCC=4)cc[n+]1C. The Hall–Kier alpha value is -12.8. The molecule has 12 aliphatic rings. The van der Waals surface area contributed by atoms with Crippen LogP contribution in [0.1, 0.15) is 183 Å². The molecule has 0 amide bonds. The molecule has 3 aromatic heterocycles. The van der Waals surface area contributed by atoms with Crippen LogP contribution in [0.3, 0.4) is 0 Å². The van der Waals surface area contributed by atoms with Crippen molar-refractivity contribution in [2.24, 2.45) is 21.1 Å². The number of benzene rings is 12. The molecule has 540 valence electrons. The molecule has 6 unspecified atom stereocenters. The Labute approximate surface area is 661 Å². The fourth-order valence-corrected chi connectivity index (χ4v) is 21.5. The van der Waals surface area contributed by atoms with Crippen LogP contribution in [0, 0.1) is 34.6 Å². The van der Waals surface area contributed by atoms with Crippen molar-refractivity contribution < 1.29 is 13.7 Å². The summed E-state index contributed by atoms with van der Waals surface area (Å²) in [5.41, 5.74) is 48.1. The van der Waals surface area contributed by atoms with Crippen molar-refractivity contribution in [2.45, 2.75) is 89.4 Å². The van der Waals surface area contributed by atoms with Gasteiger partial charge in [0.25, 0.3) is 6.33 Å². The van der Waals surface area contributed by atoms with Crippen LogP contribution in [-0.4, -0.2) is 4.98 Å². The third-order valence-corrected chi connectivity index (χ3v) is 26.9. The highest BCUT2D eigenvalue weighted by atomic mass is 15.0. The number of hydrogen-bond acceptors (Lipinski definition) is 1. The van der Waals surface area contributed by atoms with Gasteiger partial charge in [-0.25, -0.2) is 13.7 Å². The molecule has 0 saturated carbocycles. The Bertz CT molecular complexity index is 7130. The molecule has 6 bridgehead atoms. The van der Waals surface area contributed by atoms with E-state index in [1.54, 1.807) is 0 Å². The highest BCUT2D eigenvalue weighted by molar-refractivity contribution is 5.81. The number of hydrogen-bond donors (Lipinski definition) is 0. The van der Waals surface area contributed by atoms with Gasteiger partial charge in [0.1, 0.15) is 19.8 Å². The molecule has 0 N–H and O–H groups in total. The average molecular weight is 1450 g/mol. The molecule has 0 spiro atoms. The molecule has 113 heavy (non-hydrogen) atoms. The summed E-state index contributed by atoms with van der Waals surface area (Å²) in [4.78, 5) is 4.93. The first-order chi connectivity index (χ1) is 55.3. The number of aryl methyl sites for hydroxylation is 8. The van der Waals surface area contributed by atoms with Gasteiger partial charge in [-0.1, -0.05) is 237 Å². The number of fused-ring (bicyclic) bond motifs is 3. The van der Waals surface area contributed by atoms with Crippen LogP contribution in [0.5, 0.6) is 0 Å². The third kappa shape index (κ3) is 10.5. The van der Waals surface area contributed by atoms with Gasteiger partial charge in [-0.2, -0.15) is 0 Å². The minimum Gasteiger partial charge on any atom is -0.232 e. The molecule has 27 rings (SSSR count). The van der Waals surface area contributed by atoms with E-state index in [-0.39, 0.29) is 17.8 Å². The minimum absolute atomic E-state index is 0.260. The smallest absolute Gasteiger partial charge is 0.232 e. The molecule has 4 heteroatoms. The van der Waals surface area contributed by atoms with E-state index >= 15 is 0 Å². The lowest BCUT2D eigenvalue weighted by Crippen LogP contribution is -2.33. The first-order valence-corrected chi connectivity index (χ1v) is 40.6. The van der Waals surface area contributed by atoms with Gasteiger partial charge < -0.3 is 0 Å². The highest BCUT2D eigenvalue weighted by Crippen LogP contribution is 2.59. The highest BCUT2D eigenvalue weighted by Gasteiger charge is 2.45. The Balaban J connectivity index is 0.000000104. The lowest BCUT2D eigenvalue weighted by molar-refractivity contribution is -0.663. The lowest BCUT2D eigenvalue weighted by Gasteiger charge is -2.42. The Morgan fingerprint density at radius 2 is 0.566 bits per heavy atom. The van der Waals surface area contributed by atoms with E-state index < -0.39 is 0 Å². The largest absolute Gasteiger partial charge is 0.287 e. The summed E-state index contributed by atoms with van der Waals surface area (Å²) in [5, 5.41) is 8.41. The van der Waals surface area contributed by atoms with Gasteiger partial charge >= 0.3 is 0 Å². The predicted octanol–water partition coefficient (Wildman–Crippen LogP) is 18.3. The Morgan fingerprint density at radius 1 is 0.239 bits per heavy atom.